The van der Waals surface area contributed by atoms with Crippen molar-refractivity contribution in [1.82, 2.24) is 0 Å². The van der Waals surface area contributed by atoms with E-state index >= 15 is 0 Å². The second kappa shape index (κ2) is 10.1. The molecule has 0 spiro atoms. The molecule has 0 radical (unpaired) electrons. The molecular weight excluding hydrogens is 264 g/mol. The smallest absolute Gasteiger partial charge is 0.340 e. The Morgan fingerprint density at radius 2 is 1.86 bits per heavy atom. The number of hydrogen-bond acceptors (Lipinski definition) is 4. The lowest BCUT2D eigenvalue weighted by molar-refractivity contribution is 0.0527. The van der Waals surface area contributed by atoms with Crippen LogP contribution in [0, 0.1) is 0 Å². The van der Waals surface area contributed by atoms with Gasteiger partial charge in [0.05, 0.1) is 23.5 Å². The van der Waals surface area contributed by atoms with Crippen LogP contribution < -0.4 is 11.1 Å². The summed E-state index contributed by atoms with van der Waals surface area (Å²) in [6.45, 7) is 5.21. The normalized spacial score (nSPS) is 10.4. The first kappa shape index (κ1) is 17.3. The number of nitrogens with two attached hydrogens (primary N) is 1. The van der Waals surface area contributed by atoms with Crippen molar-refractivity contribution in [1.29, 1.82) is 0 Å². The van der Waals surface area contributed by atoms with Crippen LogP contribution in [-0.4, -0.2) is 19.1 Å². The van der Waals surface area contributed by atoms with Crippen LogP contribution in [0.4, 0.5) is 11.4 Å². The number of unbranched alkanes of at least 4 members (excludes halogenated alkanes) is 5. The van der Waals surface area contributed by atoms with E-state index in [0.29, 0.717) is 23.5 Å². The van der Waals surface area contributed by atoms with Crippen molar-refractivity contribution in [2.75, 3.05) is 24.2 Å². The Labute approximate surface area is 128 Å². The molecule has 0 fully saturated rings. The van der Waals surface area contributed by atoms with E-state index in [0.717, 1.165) is 13.0 Å². The summed E-state index contributed by atoms with van der Waals surface area (Å²) in [6.07, 6.45) is 7.44. The van der Waals surface area contributed by atoms with Gasteiger partial charge in [-0.25, -0.2) is 4.79 Å². The lowest BCUT2D eigenvalue weighted by Crippen LogP contribution is -2.12. The summed E-state index contributed by atoms with van der Waals surface area (Å²) in [5.74, 6) is -0.324. The number of nitrogen functional groups attached to an aromatic ring is 1. The van der Waals surface area contributed by atoms with E-state index in [4.69, 9.17) is 10.5 Å². The van der Waals surface area contributed by atoms with Gasteiger partial charge in [-0.15, -0.1) is 0 Å². The second-order valence-electron chi connectivity index (χ2n) is 5.18. The van der Waals surface area contributed by atoms with E-state index in [-0.39, 0.29) is 5.97 Å². The molecular formula is C17H28N2O2. The van der Waals surface area contributed by atoms with Gasteiger partial charge >= 0.3 is 5.97 Å². The number of rotatable bonds is 10. The number of hydrogen-bond donors (Lipinski definition) is 2. The maximum atomic E-state index is 11.9. The van der Waals surface area contributed by atoms with E-state index in [2.05, 4.69) is 12.2 Å². The SMILES string of the molecule is CCCCCCCCNc1c(N)cccc1C(=O)OCC. The van der Waals surface area contributed by atoms with Crippen molar-refractivity contribution in [3.05, 3.63) is 23.8 Å². The van der Waals surface area contributed by atoms with Gasteiger partial charge in [-0.1, -0.05) is 45.1 Å². The van der Waals surface area contributed by atoms with E-state index in [1.165, 1.54) is 32.1 Å². The lowest BCUT2D eigenvalue weighted by Gasteiger charge is -2.13. The Morgan fingerprint density at radius 1 is 1.14 bits per heavy atom. The van der Waals surface area contributed by atoms with Crippen LogP contribution in [0.3, 0.4) is 0 Å². The molecule has 0 bridgehead atoms. The molecule has 21 heavy (non-hydrogen) atoms. The number of benzene rings is 1. The lowest BCUT2D eigenvalue weighted by atomic mass is 10.1. The molecule has 118 valence electrons. The first-order valence-corrected chi connectivity index (χ1v) is 8.00. The van der Waals surface area contributed by atoms with Gasteiger partial charge in [-0.3, -0.25) is 0 Å². The minimum absolute atomic E-state index is 0.324. The average molecular weight is 292 g/mol. The number of para-hydroxylation sites is 1. The third-order valence-electron chi connectivity index (χ3n) is 3.42. The van der Waals surface area contributed by atoms with Gasteiger partial charge in [0.2, 0.25) is 0 Å². The van der Waals surface area contributed by atoms with Crippen LogP contribution in [0.2, 0.25) is 0 Å². The third kappa shape index (κ3) is 6.06. The van der Waals surface area contributed by atoms with Gasteiger partial charge < -0.3 is 15.8 Å². The highest BCUT2D eigenvalue weighted by Gasteiger charge is 2.14. The van der Waals surface area contributed by atoms with Gasteiger partial charge in [0.25, 0.3) is 0 Å². The van der Waals surface area contributed by atoms with Gasteiger partial charge in [0.15, 0.2) is 0 Å². The van der Waals surface area contributed by atoms with Gasteiger partial charge in [0.1, 0.15) is 0 Å². The molecule has 3 N–H and O–H groups in total. The summed E-state index contributed by atoms with van der Waals surface area (Å²) in [7, 11) is 0. The summed E-state index contributed by atoms with van der Waals surface area (Å²) in [6, 6.07) is 5.32. The first-order valence-electron chi connectivity index (χ1n) is 8.00. The zero-order valence-corrected chi connectivity index (χ0v) is 13.3. The molecule has 0 aliphatic rings. The maximum absolute atomic E-state index is 11.9. The van der Waals surface area contributed by atoms with Crippen molar-refractivity contribution in [3.63, 3.8) is 0 Å². The number of anilines is 2. The summed E-state index contributed by atoms with van der Waals surface area (Å²) < 4.78 is 5.06. The Morgan fingerprint density at radius 3 is 2.57 bits per heavy atom. The fourth-order valence-electron chi connectivity index (χ4n) is 2.27. The van der Waals surface area contributed by atoms with Crippen LogP contribution in [-0.2, 0) is 4.74 Å². The van der Waals surface area contributed by atoms with E-state index in [1.54, 1.807) is 25.1 Å². The van der Waals surface area contributed by atoms with Crippen molar-refractivity contribution < 1.29 is 9.53 Å². The maximum Gasteiger partial charge on any atom is 0.340 e. The molecule has 1 rings (SSSR count). The highest BCUT2D eigenvalue weighted by molar-refractivity contribution is 5.98. The Bertz CT molecular complexity index is 433. The average Bonchev–Trinajstić information content (AvgIpc) is 2.47. The molecule has 0 atom stereocenters. The standard InChI is InChI=1S/C17H28N2O2/c1-3-5-6-7-8-9-13-19-16-14(17(20)21-4-2)11-10-12-15(16)18/h10-12,19H,3-9,13,18H2,1-2H3. The van der Waals surface area contributed by atoms with Gasteiger partial charge in [-0.05, 0) is 25.5 Å². The quantitative estimate of drug-likeness (QED) is 0.385. The second-order valence-corrected chi connectivity index (χ2v) is 5.18. The molecule has 0 aliphatic carbocycles. The highest BCUT2D eigenvalue weighted by atomic mass is 16.5. The predicted molar refractivity (Wildman–Crippen MR) is 88.7 cm³/mol. The van der Waals surface area contributed by atoms with Crippen molar-refractivity contribution >= 4 is 17.3 Å². The molecule has 0 heterocycles. The Balaban J connectivity index is 2.48. The fraction of sp³-hybridized carbons (Fsp3) is 0.588. The minimum Gasteiger partial charge on any atom is -0.462 e. The molecule has 0 saturated carbocycles. The fourth-order valence-corrected chi connectivity index (χ4v) is 2.27. The van der Waals surface area contributed by atoms with Crippen molar-refractivity contribution in [3.8, 4) is 0 Å². The monoisotopic (exact) mass is 292 g/mol. The minimum atomic E-state index is -0.324. The number of esters is 1. The van der Waals surface area contributed by atoms with Crippen molar-refractivity contribution in [2.45, 2.75) is 52.4 Å². The zero-order valence-electron chi connectivity index (χ0n) is 13.3. The van der Waals surface area contributed by atoms with E-state index < -0.39 is 0 Å². The largest absolute Gasteiger partial charge is 0.462 e. The summed E-state index contributed by atoms with van der Waals surface area (Å²) in [5.41, 5.74) is 7.77. The van der Waals surface area contributed by atoms with Crippen LogP contribution in [0.25, 0.3) is 0 Å². The number of carbonyl (C=O) groups is 1. The number of nitrogens with one attached hydrogen (secondary N) is 1. The van der Waals surface area contributed by atoms with Gasteiger partial charge in [-0.2, -0.15) is 0 Å². The Hall–Kier alpha value is -1.71. The number of ether oxygens (including phenoxy) is 1. The van der Waals surface area contributed by atoms with Crippen LogP contribution in [0.1, 0.15) is 62.7 Å². The molecule has 0 unspecified atom stereocenters. The first-order chi connectivity index (χ1) is 10.2. The summed E-state index contributed by atoms with van der Waals surface area (Å²) >= 11 is 0. The molecule has 0 aromatic heterocycles. The van der Waals surface area contributed by atoms with Crippen molar-refractivity contribution in [2.24, 2.45) is 0 Å². The molecule has 0 amide bonds. The summed E-state index contributed by atoms with van der Waals surface area (Å²) in [5, 5.41) is 3.29. The molecule has 0 aliphatic heterocycles. The number of carbonyl (C=O) groups excluding carboxylic acids is 1. The van der Waals surface area contributed by atoms with Crippen LogP contribution >= 0.6 is 0 Å². The van der Waals surface area contributed by atoms with E-state index in [1.807, 2.05) is 0 Å². The van der Waals surface area contributed by atoms with Gasteiger partial charge in [0, 0.05) is 6.54 Å². The van der Waals surface area contributed by atoms with Crippen LogP contribution in [0.5, 0.6) is 0 Å². The molecule has 1 aromatic rings. The Kier molecular flexibility index (Phi) is 8.32. The molecule has 1 aromatic carbocycles. The third-order valence-corrected chi connectivity index (χ3v) is 3.42. The highest BCUT2D eigenvalue weighted by Crippen LogP contribution is 2.24. The van der Waals surface area contributed by atoms with Crippen LogP contribution in [0.15, 0.2) is 18.2 Å². The van der Waals surface area contributed by atoms with E-state index in [9.17, 15) is 4.79 Å². The zero-order chi connectivity index (χ0) is 15.5. The molecule has 4 nitrogen and oxygen atoms in total. The molecule has 4 heteroatoms. The topological polar surface area (TPSA) is 64.3 Å². The molecule has 0 saturated heterocycles. The summed E-state index contributed by atoms with van der Waals surface area (Å²) in [4.78, 5) is 11.9. The predicted octanol–water partition coefficient (Wildman–Crippen LogP) is 4.22.